The van der Waals surface area contributed by atoms with Crippen LogP contribution in [0.4, 0.5) is 4.39 Å². The summed E-state index contributed by atoms with van der Waals surface area (Å²) in [6, 6.07) is 2.30. The number of nitrogens with one attached hydrogen (secondary N) is 1. The van der Waals surface area contributed by atoms with Gasteiger partial charge in [0.05, 0.1) is 11.4 Å². The molecule has 0 aromatic carbocycles. The minimum absolute atomic E-state index is 0.241. The lowest BCUT2D eigenvalue weighted by Gasteiger charge is -2.11. The van der Waals surface area contributed by atoms with Gasteiger partial charge in [-0.05, 0) is 33.8 Å². The third kappa shape index (κ3) is 2.90. The van der Waals surface area contributed by atoms with Gasteiger partial charge in [-0.25, -0.2) is 4.68 Å². The van der Waals surface area contributed by atoms with Gasteiger partial charge in [0.2, 0.25) is 5.95 Å². The van der Waals surface area contributed by atoms with Crippen LogP contribution in [0.15, 0.2) is 12.3 Å². The summed E-state index contributed by atoms with van der Waals surface area (Å²) < 4.78 is 17.4. The quantitative estimate of drug-likeness (QED) is 0.883. The fourth-order valence-corrected chi connectivity index (χ4v) is 2.26. The van der Waals surface area contributed by atoms with Crippen molar-refractivity contribution < 1.29 is 4.39 Å². The summed E-state index contributed by atoms with van der Waals surface area (Å²) in [6.07, 6.45) is 1.79. The molecule has 2 heterocycles. The monoisotopic (exact) mass is 279 g/mol. The summed E-state index contributed by atoms with van der Waals surface area (Å²) in [5, 5.41) is 11.7. The van der Waals surface area contributed by atoms with E-state index in [9.17, 15) is 4.39 Å². The van der Waals surface area contributed by atoms with Gasteiger partial charge in [0.15, 0.2) is 0 Å². The first kappa shape index (κ1) is 14.7. The van der Waals surface area contributed by atoms with Crippen molar-refractivity contribution in [3.63, 3.8) is 0 Å². The van der Waals surface area contributed by atoms with Crippen molar-refractivity contribution in [1.82, 2.24) is 24.9 Å². The Bertz CT molecular complexity index is 570. The molecule has 1 N–H and O–H groups in total. The predicted octanol–water partition coefficient (Wildman–Crippen LogP) is 2.42. The Kier molecular flexibility index (Phi) is 4.54. The van der Waals surface area contributed by atoms with Gasteiger partial charge in [0, 0.05) is 37.4 Å². The third-order valence-corrected chi connectivity index (χ3v) is 3.33. The average molecular weight is 279 g/mol. The molecule has 0 saturated heterocycles. The lowest BCUT2D eigenvalue weighted by atomic mass is 10.2. The van der Waals surface area contributed by atoms with Crippen LogP contribution in [0.5, 0.6) is 0 Å². The highest BCUT2D eigenvalue weighted by molar-refractivity contribution is 5.17. The number of hydrogen-bond acceptors (Lipinski definition) is 3. The van der Waals surface area contributed by atoms with Crippen LogP contribution in [-0.4, -0.2) is 19.6 Å². The maximum atomic E-state index is 14.0. The first-order chi connectivity index (χ1) is 9.54. The van der Waals surface area contributed by atoms with Crippen LogP contribution in [0.1, 0.15) is 43.8 Å². The van der Waals surface area contributed by atoms with Gasteiger partial charge in [0.25, 0.3) is 0 Å². The normalized spacial score (nSPS) is 11.5. The molecule has 0 aliphatic carbocycles. The topological polar surface area (TPSA) is 47.7 Å². The molecule has 0 saturated carbocycles. The number of rotatable bonds is 6. The Morgan fingerprint density at radius 2 is 2.10 bits per heavy atom. The van der Waals surface area contributed by atoms with Gasteiger partial charge < -0.3 is 5.32 Å². The van der Waals surface area contributed by atoms with E-state index in [1.54, 1.807) is 6.20 Å². The van der Waals surface area contributed by atoms with Gasteiger partial charge in [0.1, 0.15) is 0 Å². The summed E-state index contributed by atoms with van der Waals surface area (Å²) in [5.74, 6) is -0.241. The van der Waals surface area contributed by atoms with Gasteiger partial charge in [-0.15, -0.1) is 0 Å². The van der Waals surface area contributed by atoms with Crippen LogP contribution in [0.3, 0.4) is 0 Å². The predicted molar refractivity (Wildman–Crippen MR) is 75.8 cm³/mol. The van der Waals surface area contributed by atoms with Crippen LogP contribution in [0, 0.1) is 12.9 Å². The minimum Gasteiger partial charge on any atom is -0.307 e. The van der Waals surface area contributed by atoms with Crippen molar-refractivity contribution >= 4 is 0 Å². The Morgan fingerprint density at radius 3 is 2.70 bits per heavy atom. The van der Waals surface area contributed by atoms with E-state index < -0.39 is 0 Å². The average Bonchev–Trinajstić information content (AvgIpc) is 2.97. The summed E-state index contributed by atoms with van der Waals surface area (Å²) in [6.45, 7) is 9.58. The maximum Gasteiger partial charge on any atom is 0.216 e. The molecular formula is C14H22FN5. The molecule has 0 spiro atoms. The zero-order chi connectivity index (χ0) is 14.7. The Hall–Kier alpha value is -1.69. The maximum absolute atomic E-state index is 14.0. The smallest absolute Gasteiger partial charge is 0.216 e. The highest BCUT2D eigenvalue weighted by Crippen LogP contribution is 2.13. The molecule has 0 atom stereocenters. The van der Waals surface area contributed by atoms with E-state index >= 15 is 0 Å². The second kappa shape index (κ2) is 6.17. The molecule has 0 bridgehead atoms. The largest absolute Gasteiger partial charge is 0.307 e. The standard InChI is InChI=1S/C14H22FN5/c1-5-19-14(15)13(11(4)18-19)9-16-8-12-6-7-17-20(12)10(2)3/h6-7,10,16H,5,8-9H2,1-4H3. The van der Waals surface area contributed by atoms with Crippen LogP contribution in [0.2, 0.25) is 0 Å². The van der Waals surface area contributed by atoms with Gasteiger partial charge in [-0.1, -0.05) is 0 Å². The molecule has 0 fully saturated rings. The van der Waals surface area contributed by atoms with E-state index in [2.05, 4.69) is 29.4 Å². The second-order valence-corrected chi connectivity index (χ2v) is 5.13. The number of halogens is 1. The zero-order valence-electron chi connectivity index (χ0n) is 12.5. The fourth-order valence-electron chi connectivity index (χ4n) is 2.26. The number of nitrogens with zero attached hydrogens (tertiary/aromatic N) is 4. The van der Waals surface area contributed by atoms with E-state index in [4.69, 9.17) is 0 Å². The van der Waals surface area contributed by atoms with Crippen molar-refractivity contribution in [3.8, 4) is 0 Å². The molecular weight excluding hydrogens is 257 g/mol. The molecule has 110 valence electrons. The number of aryl methyl sites for hydroxylation is 2. The van der Waals surface area contributed by atoms with Gasteiger partial charge in [-0.3, -0.25) is 4.68 Å². The van der Waals surface area contributed by atoms with Crippen molar-refractivity contribution in [3.05, 3.63) is 35.2 Å². The highest BCUT2D eigenvalue weighted by Gasteiger charge is 2.14. The van der Waals surface area contributed by atoms with Crippen molar-refractivity contribution in [1.29, 1.82) is 0 Å². The molecule has 20 heavy (non-hydrogen) atoms. The molecule has 6 heteroatoms. The molecule has 0 amide bonds. The summed E-state index contributed by atoms with van der Waals surface area (Å²) in [5.41, 5.74) is 2.48. The highest BCUT2D eigenvalue weighted by atomic mass is 19.1. The van der Waals surface area contributed by atoms with E-state index in [1.165, 1.54) is 4.68 Å². The molecule has 2 aromatic rings. The Labute approximate surface area is 118 Å². The Balaban J connectivity index is 2.00. The van der Waals surface area contributed by atoms with Crippen molar-refractivity contribution in [2.24, 2.45) is 0 Å². The molecule has 2 aromatic heterocycles. The molecule has 0 aliphatic rings. The summed E-state index contributed by atoms with van der Waals surface area (Å²) in [7, 11) is 0. The zero-order valence-corrected chi connectivity index (χ0v) is 12.5. The van der Waals surface area contributed by atoms with E-state index in [1.807, 2.05) is 24.6 Å². The van der Waals surface area contributed by atoms with Gasteiger partial charge in [-0.2, -0.15) is 14.6 Å². The molecule has 0 radical (unpaired) electrons. The molecule has 2 rings (SSSR count). The van der Waals surface area contributed by atoms with E-state index in [0.29, 0.717) is 31.2 Å². The van der Waals surface area contributed by atoms with E-state index in [-0.39, 0.29) is 5.95 Å². The van der Waals surface area contributed by atoms with Crippen molar-refractivity contribution in [2.45, 2.75) is 53.4 Å². The van der Waals surface area contributed by atoms with Crippen LogP contribution in [-0.2, 0) is 19.6 Å². The lowest BCUT2D eigenvalue weighted by Crippen LogP contribution is -2.18. The minimum atomic E-state index is -0.241. The fraction of sp³-hybridized carbons (Fsp3) is 0.571. The third-order valence-electron chi connectivity index (χ3n) is 3.33. The van der Waals surface area contributed by atoms with E-state index in [0.717, 1.165) is 11.4 Å². The lowest BCUT2D eigenvalue weighted by molar-refractivity contribution is 0.457. The summed E-state index contributed by atoms with van der Waals surface area (Å²) >= 11 is 0. The van der Waals surface area contributed by atoms with Crippen LogP contribution < -0.4 is 5.32 Å². The van der Waals surface area contributed by atoms with Crippen LogP contribution in [0.25, 0.3) is 0 Å². The Morgan fingerprint density at radius 1 is 1.35 bits per heavy atom. The molecule has 5 nitrogen and oxygen atoms in total. The first-order valence-electron chi connectivity index (χ1n) is 6.99. The van der Waals surface area contributed by atoms with Crippen molar-refractivity contribution in [2.75, 3.05) is 0 Å². The second-order valence-electron chi connectivity index (χ2n) is 5.13. The molecule has 0 aliphatic heterocycles. The number of aromatic nitrogens is 4. The SMILES string of the molecule is CCn1nc(C)c(CNCc2ccnn2C(C)C)c1F. The van der Waals surface area contributed by atoms with Crippen LogP contribution >= 0.6 is 0 Å². The van der Waals surface area contributed by atoms with Gasteiger partial charge >= 0.3 is 0 Å². The summed E-state index contributed by atoms with van der Waals surface area (Å²) in [4.78, 5) is 0. The first-order valence-corrected chi connectivity index (χ1v) is 6.99. The molecule has 0 unspecified atom stereocenters. The number of hydrogen-bond donors (Lipinski definition) is 1.